The number of carbonyl (C=O) groups excluding carboxylic acids is 1. The SMILES string of the molecule is CCn1cc(C(=O)N2CCN(c3ccccc3F)CC2)c(=O)c2cc(OC)ccc21. The van der Waals surface area contributed by atoms with Gasteiger partial charge in [-0.25, -0.2) is 4.39 Å². The van der Waals surface area contributed by atoms with E-state index in [-0.39, 0.29) is 22.7 Å². The maximum atomic E-state index is 14.1. The van der Waals surface area contributed by atoms with Crippen LogP contribution in [0.4, 0.5) is 10.1 Å². The van der Waals surface area contributed by atoms with Gasteiger partial charge in [-0.3, -0.25) is 9.59 Å². The number of hydrogen-bond donors (Lipinski definition) is 0. The van der Waals surface area contributed by atoms with Gasteiger partial charge in [-0.05, 0) is 37.3 Å². The van der Waals surface area contributed by atoms with Crippen LogP contribution in [-0.4, -0.2) is 48.7 Å². The van der Waals surface area contributed by atoms with E-state index in [0.29, 0.717) is 49.5 Å². The van der Waals surface area contributed by atoms with Gasteiger partial charge >= 0.3 is 0 Å². The molecule has 0 aliphatic carbocycles. The van der Waals surface area contributed by atoms with E-state index in [1.807, 2.05) is 22.5 Å². The number of aromatic nitrogens is 1. The summed E-state index contributed by atoms with van der Waals surface area (Å²) in [4.78, 5) is 29.9. The van der Waals surface area contributed by atoms with Crippen LogP contribution in [0.5, 0.6) is 5.75 Å². The van der Waals surface area contributed by atoms with Crippen molar-refractivity contribution < 1.29 is 13.9 Å². The molecule has 3 aromatic rings. The topological polar surface area (TPSA) is 54.8 Å². The number of halogens is 1. The number of fused-ring (bicyclic) bond motifs is 1. The van der Waals surface area contributed by atoms with Crippen molar-refractivity contribution in [3.63, 3.8) is 0 Å². The van der Waals surface area contributed by atoms with Crippen LogP contribution in [0.2, 0.25) is 0 Å². The molecule has 1 aliphatic rings. The summed E-state index contributed by atoms with van der Waals surface area (Å²) in [7, 11) is 1.55. The van der Waals surface area contributed by atoms with E-state index in [2.05, 4.69) is 0 Å². The van der Waals surface area contributed by atoms with Crippen molar-refractivity contribution in [1.29, 1.82) is 0 Å². The molecule has 1 amide bonds. The summed E-state index contributed by atoms with van der Waals surface area (Å²) in [6, 6.07) is 11.9. The van der Waals surface area contributed by atoms with Crippen molar-refractivity contribution in [1.82, 2.24) is 9.47 Å². The first-order chi connectivity index (χ1) is 14.5. The Morgan fingerprint density at radius 3 is 2.50 bits per heavy atom. The molecule has 1 fully saturated rings. The van der Waals surface area contributed by atoms with E-state index >= 15 is 0 Å². The second-order valence-electron chi connectivity index (χ2n) is 7.27. The van der Waals surface area contributed by atoms with Crippen molar-refractivity contribution in [2.45, 2.75) is 13.5 Å². The molecule has 0 saturated carbocycles. The van der Waals surface area contributed by atoms with Gasteiger partial charge in [0.2, 0.25) is 5.43 Å². The predicted octanol–water partition coefficient (Wildman–Crippen LogP) is 3.13. The lowest BCUT2D eigenvalue weighted by atomic mass is 10.1. The lowest BCUT2D eigenvalue weighted by Gasteiger charge is -2.36. The van der Waals surface area contributed by atoms with Gasteiger partial charge in [0.15, 0.2) is 0 Å². The monoisotopic (exact) mass is 409 g/mol. The van der Waals surface area contributed by atoms with Gasteiger partial charge in [0.05, 0.1) is 23.7 Å². The Hall–Kier alpha value is -3.35. The molecule has 0 unspecified atom stereocenters. The van der Waals surface area contributed by atoms with Crippen LogP contribution >= 0.6 is 0 Å². The number of rotatable bonds is 4. The lowest BCUT2D eigenvalue weighted by molar-refractivity contribution is 0.0744. The third-order valence-electron chi connectivity index (χ3n) is 5.62. The minimum Gasteiger partial charge on any atom is -0.497 e. The molecular formula is C23H24FN3O3. The number of aryl methyl sites for hydroxylation is 1. The zero-order chi connectivity index (χ0) is 21.3. The van der Waals surface area contributed by atoms with Crippen LogP contribution in [0.1, 0.15) is 17.3 Å². The average Bonchev–Trinajstić information content (AvgIpc) is 2.79. The number of pyridine rings is 1. The van der Waals surface area contributed by atoms with Crippen molar-refractivity contribution >= 4 is 22.5 Å². The van der Waals surface area contributed by atoms with Crippen LogP contribution in [0.15, 0.2) is 53.5 Å². The van der Waals surface area contributed by atoms with Gasteiger partial charge in [0.25, 0.3) is 5.91 Å². The molecule has 1 saturated heterocycles. The van der Waals surface area contributed by atoms with Gasteiger partial charge < -0.3 is 19.1 Å². The summed E-state index contributed by atoms with van der Waals surface area (Å²) in [6.45, 7) is 4.47. The largest absolute Gasteiger partial charge is 0.497 e. The van der Waals surface area contributed by atoms with Crippen molar-refractivity contribution in [3.8, 4) is 5.75 Å². The second kappa shape index (κ2) is 8.18. The van der Waals surface area contributed by atoms with Crippen molar-refractivity contribution in [2.75, 3.05) is 38.2 Å². The fraction of sp³-hybridized carbons (Fsp3) is 0.304. The molecular weight excluding hydrogens is 385 g/mol. The second-order valence-corrected chi connectivity index (χ2v) is 7.27. The molecule has 0 radical (unpaired) electrons. The molecule has 6 nitrogen and oxygen atoms in total. The van der Waals surface area contributed by atoms with Crippen LogP contribution in [0.25, 0.3) is 10.9 Å². The Morgan fingerprint density at radius 2 is 1.83 bits per heavy atom. The molecule has 1 aliphatic heterocycles. The minimum atomic E-state index is -0.296. The highest BCUT2D eigenvalue weighted by atomic mass is 19.1. The summed E-state index contributed by atoms with van der Waals surface area (Å²) in [5.41, 5.74) is 1.16. The fourth-order valence-corrected chi connectivity index (χ4v) is 3.95. The number of methoxy groups -OCH3 is 1. The van der Waals surface area contributed by atoms with E-state index in [1.165, 1.54) is 6.07 Å². The molecule has 0 N–H and O–H groups in total. The van der Waals surface area contributed by atoms with Gasteiger partial charge in [-0.2, -0.15) is 0 Å². The number of hydrogen-bond acceptors (Lipinski definition) is 4. The lowest BCUT2D eigenvalue weighted by Crippen LogP contribution is -2.49. The highest BCUT2D eigenvalue weighted by Gasteiger charge is 2.26. The number of carbonyl (C=O) groups is 1. The number of benzene rings is 2. The highest BCUT2D eigenvalue weighted by molar-refractivity contribution is 5.97. The number of anilines is 1. The molecule has 2 heterocycles. The summed E-state index contributed by atoms with van der Waals surface area (Å²) in [5.74, 6) is 0.0112. The average molecular weight is 409 g/mol. The number of nitrogens with zero attached hydrogens (tertiary/aromatic N) is 3. The molecule has 7 heteroatoms. The Morgan fingerprint density at radius 1 is 1.10 bits per heavy atom. The Balaban J connectivity index is 1.62. The Labute approximate surface area is 174 Å². The molecule has 0 atom stereocenters. The normalized spacial score (nSPS) is 14.2. The molecule has 0 spiro atoms. The van der Waals surface area contributed by atoms with Crippen LogP contribution in [0.3, 0.4) is 0 Å². The number of amides is 1. The molecule has 4 rings (SSSR count). The van der Waals surface area contributed by atoms with Gasteiger partial charge in [0.1, 0.15) is 17.1 Å². The first-order valence-electron chi connectivity index (χ1n) is 10.0. The maximum Gasteiger partial charge on any atom is 0.259 e. The molecule has 0 bridgehead atoms. The summed E-state index contributed by atoms with van der Waals surface area (Å²) < 4.78 is 21.2. The van der Waals surface area contributed by atoms with Crippen LogP contribution in [0, 0.1) is 5.82 Å². The third kappa shape index (κ3) is 3.51. The molecule has 1 aromatic heterocycles. The number of para-hydroxylation sites is 1. The standard InChI is InChI=1S/C23H24FN3O3/c1-3-25-15-18(22(28)17-14-16(30-2)8-9-20(17)25)23(29)27-12-10-26(11-13-27)21-7-5-4-6-19(21)24/h4-9,14-15H,3,10-13H2,1-2H3. The van der Waals surface area contributed by atoms with E-state index in [9.17, 15) is 14.0 Å². The van der Waals surface area contributed by atoms with Crippen LogP contribution in [-0.2, 0) is 6.54 Å². The quantitative estimate of drug-likeness (QED) is 0.664. The number of ether oxygens (including phenoxy) is 1. The summed E-state index contributed by atoms with van der Waals surface area (Å²) >= 11 is 0. The zero-order valence-corrected chi connectivity index (χ0v) is 17.1. The van der Waals surface area contributed by atoms with Crippen molar-refractivity contribution in [2.24, 2.45) is 0 Å². The van der Waals surface area contributed by atoms with Crippen LogP contribution < -0.4 is 15.1 Å². The summed E-state index contributed by atoms with van der Waals surface area (Å²) in [6.07, 6.45) is 1.64. The fourth-order valence-electron chi connectivity index (χ4n) is 3.95. The molecule has 2 aromatic carbocycles. The van der Waals surface area contributed by atoms with E-state index in [1.54, 1.807) is 48.5 Å². The predicted molar refractivity (Wildman–Crippen MR) is 115 cm³/mol. The number of piperazine rings is 1. The van der Waals surface area contributed by atoms with Crippen molar-refractivity contribution in [3.05, 3.63) is 70.3 Å². The summed E-state index contributed by atoms with van der Waals surface area (Å²) in [5, 5.41) is 0.465. The van der Waals surface area contributed by atoms with Gasteiger partial charge in [-0.15, -0.1) is 0 Å². The van der Waals surface area contributed by atoms with E-state index < -0.39 is 0 Å². The third-order valence-corrected chi connectivity index (χ3v) is 5.62. The van der Waals surface area contributed by atoms with E-state index in [0.717, 1.165) is 5.52 Å². The molecule has 156 valence electrons. The minimum absolute atomic E-state index is 0.150. The molecule has 30 heavy (non-hydrogen) atoms. The van der Waals surface area contributed by atoms with Gasteiger partial charge in [-0.1, -0.05) is 12.1 Å². The Bertz CT molecular complexity index is 1150. The smallest absolute Gasteiger partial charge is 0.259 e. The maximum absolute atomic E-state index is 14.1. The van der Waals surface area contributed by atoms with E-state index in [4.69, 9.17) is 4.74 Å². The Kier molecular flexibility index (Phi) is 5.44. The van der Waals surface area contributed by atoms with Gasteiger partial charge in [0, 0.05) is 38.9 Å². The first-order valence-corrected chi connectivity index (χ1v) is 10.0. The first kappa shape index (κ1) is 19.9. The highest BCUT2D eigenvalue weighted by Crippen LogP contribution is 2.22. The zero-order valence-electron chi connectivity index (χ0n) is 17.1.